The summed E-state index contributed by atoms with van der Waals surface area (Å²) in [6.45, 7) is 4.00. The Labute approximate surface area is 84.7 Å². The van der Waals surface area contributed by atoms with Crippen LogP contribution in [0.1, 0.15) is 39.5 Å². The van der Waals surface area contributed by atoms with Crippen molar-refractivity contribution in [3.63, 3.8) is 0 Å². The Morgan fingerprint density at radius 2 is 1.79 bits per heavy atom. The normalized spacial score (nSPS) is 11.1. The molecule has 0 saturated carbocycles. The van der Waals surface area contributed by atoms with E-state index in [9.17, 15) is 4.79 Å². The molecule has 0 amide bonds. The van der Waals surface area contributed by atoms with Crippen molar-refractivity contribution in [1.29, 1.82) is 0 Å². The van der Waals surface area contributed by atoms with E-state index in [2.05, 4.69) is 6.92 Å². The summed E-state index contributed by atoms with van der Waals surface area (Å²) in [5.41, 5.74) is 0. The third-order valence-corrected chi connectivity index (χ3v) is 1.75. The van der Waals surface area contributed by atoms with E-state index in [1.165, 1.54) is 0 Å². The van der Waals surface area contributed by atoms with Gasteiger partial charge in [0.15, 0.2) is 0 Å². The number of rotatable bonds is 5. The van der Waals surface area contributed by atoms with E-state index in [0.29, 0.717) is 0 Å². The van der Waals surface area contributed by atoms with Crippen molar-refractivity contribution < 1.29 is 24.3 Å². The van der Waals surface area contributed by atoms with E-state index in [0.717, 1.165) is 25.7 Å². The lowest BCUT2D eigenvalue weighted by Gasteiger charge is -2.06. The van der Waals surface area contributed by atoms with Crippen molar-refractivity contribution in [2.45, 2.75) is 39.5 Å². The summed E-state index contributed by atoms with van der Waals surface area (Å²) in [6.07, 6.45) is 3.71. The molecule has 0 aliphatic heterocycles. The molecule has 0 saturated heterocycles. The fraction of sp³-hybridized carbons (Fsp3) is 0.875. The highest BCUT2D eigenvalue weighted by Gasteiger charge is 2.12. The number of carboxylic acid groups (broad SMARTS) is 1. The summed E-state index contributed by atoms with van der Waals surface area (Å²) in [7, 11) is -2.87. The van der Waals surface area contributed by atoms with Crippen LogP contribution in [0.15, 0.2) is 0 Å². The van der Waals surface area contributed by atoms with E-state index in [-0.39, 0.29) is 5.92 Å². The second-order valence-electron chi connectivity index (χ2n) is 2.84. The van der Waals surface area contributed by atoms with E-state index < -0.39 is 14.2 Å². The fourth-order valence-electron chi connectivity index (χ4n) is 0.953. The third kappa shape index (κ3) is 14.0. The van der Waals surface area contributed by atoms with Gasteiger partial charge in [-0.2, -0.15) is 0 Å². The summed E-state index contributed by atoms with van der Waals surface area (Å²) < 4.78 is 8.70. The minimum absolute atomic E-state index is 0.111. The maximum Gasteiger partial charge on any atom is 0.692 e. The zero-order chi connectivity index (χ0) is 11.6. The van der Waals surface area contributed by atoms with Gasteiger partial charge in [-0.3, -0.25) is 4.79 Å². The zero-order valence-corrected chi connectivity index (χ0v) is 9.41. The molecule has 84 valence electrons. The van der Waals surface area contributed by atoms with Crippen LogP contribution in [0.2, 0.25) is 0 Å². The Morgan fingerprint density at radius 1 is 1.36 bits per heavy atom. The van der Waals surface area contributed by atoms with Gasteiger partial charge in [0.05, 0.1) is 5.92 Å². The molecule has 3 N–H and O–H groups in total. The summed E-state index contributed by atoms with van der Waals surface area (Å²) in [6, 6.07) is 0. The second-order valence-corrected chi connectivity index (χ2v) is 3.34. The standard InChI is InChI=1S/C8H16O2.HO3P/c1-3-5-6-7(4-2)8(9)10;1-4(2)3/h7H,3-6H2,1-2H3,(H,9,10);(H-,1,2,3)/p+1. The molecular formula is C8H18O5P+. The SMILES string of the molecule is CCCCC(CC)C(=O)O.O=[P+](O)O. The van der Waals surface area contributed by atoms with Gasteiger partial charge in [0, 0.05) is 4.57 Å². The van der Waals surface area contributed by atoms with Gasteiger partial charge in [-0.25, -0.2) is 0 Å². The first-order valence-corrected chi connectivity index (χ1v) is 5.69. The van der Waals surface area contributed by atoms with Crippen LogP contribution in [-0.2, 0) is 9.36 Å². The van der Waals surface area contributed by atoms with E-state index in [4.69, 9.17) is 19.5 Å². The van der Waals surface area contributed by atoms with E-state index in [1.807, 2.05) is 6.92 Å². The molecule has 14 heavy (non-hydrogen) atoms. The van der Waals surface area contributed by atoms with Crippen LogP contribution in [0.5, 0.6) is 0 Å². The predicted octanol–water partition coefficient (Wildman–Crippen LogP) is 1.92. The number of unbranched alkanes of at least 4 members (excludes halogenated alkanes) is 1. The quantitative estimate of drug-likeness (QED) is 0.621. The van der Waals surface area contributed by atoms with Gasteiger partial charge in [-0.05, 0) is 12.8 Å². The van der Waals surface area contributed by atoms with E-state index >= 15 is 0 Å². The smallest absolute Gasteiger partial charge is 0.481 e. The number of aliphatic carboxylic acids is 1. The third-order valence-electron chi connectivity index (χ3n) is 1.75. The van der Waals surface area contributed by atoms with Crippen LogP contribution in [0.25, 0.3) is 0 Å². The summed E-state index contributed by atoms with van der Waals surface area (Å²) >= 11 is 0. The molecule has 0 bridgehead atoms. The van der Waals surface area contributed by atoms with Gasteiger partial charge >= 0.3 is 14.2 Å². The van der Waals surface area contributed by atoms with E-state index in [1.54, 1.807) is 0 Å². The molecule has 0 aromatic heterocycles. The lowest BCUT2D eigenvalue weighted by molar-refractivity contribution is -0.142. The Balaban J connectivity index is 0. The van der Waals surface area contributed by atoms with Gasteiger partial charge < -0.3 is 5.11 Å². The van der Waals surface area contributed by atoms with Crippen molar-refractivity contribution in [3.8, 4) is 0 Å². The number of hydrogen-bond donors (Lipinski definition) is 3. The molecule has 0 spiro atoms. The van der Waals surface area contributed by atoms with Gasteiger partial charge in [0.25, 0.3) is 0 Å². The minimum Gasteiger partial charge on any atom is -0.481 e. The van der Waals surface area contributed by atoms with Crippen molar-refractivity contribution in [3.05, 3.63) is 0 Å². The van der Waals surface area contributed by atoms with Gasteiger partial charge in [0.1, 0.15) is 0 Å². The van der Waals surface area contributed by atoms with Crippen LogP contribution in [0, 0.1) is 5.92 Å². The molecule has 0 radical (unpaired) electrons. The maximum absolute atomic E-state index is 10.4. The summed E-state index contributed by atoms with van der Waals surface area (Å²) in [5.74, 6) is -0.754. The fourth-order valence-corrected chi connectivity index (χ4v) is 0.953. The lowest BCUT2D eigenvalue weighted by Crippen LogP contribution is -2.11. The first-order chi connectivity index (χ1) is 6.45. The van der Waals surface area contributed by atoms with Crippen LogP contribution in [-0.4, -0.2) is 20.9 Å². The molecule has 0 aromatic rings. The Bertz CT molecular complexity index is 167. The Morgan fingerprint density at radius 3 is 2.00 bits per heavy atom. The highest BCUT2D eigenvalue weighted by molar-refractivity contribution is 7.30. The van der Waals surface area contributed by atoms with Crippen LogP contribution >= 0.6 is 8.25 Å². The largest absolute Gasteiger partial charge is 0.692 e. The van der Waals surface area contributed by atoms with Gasteiger partial charge in [-0.1, -0.05) is 26.7 Å². The molecule has 0 aliphatic rings. The molecule has 1 unspecified atom stereocenters. The monoisotopic (exact) mass is 225 g/mol. The Kier molecular flexibility index (Phi) is 12.0. The average molecular weight is 225 g/mol. The van der Waals surface area contributed by atoms with Crippen molar-refractivity contribution in [2.24, 2.45) is 5.92 Å². The van der Waals surface area contributed by atoms with Crippen molar-refractivity contribution in [1.82, 2.24) is 0 Å². The molecule has 0 fully saturated rings. The summed E-state index contributed by atoms with van der Waals surface area (Å²) in [4.78, 5) is 24.7. The highest BCUT2D eigenvalue weighted by atomic mass is 31.1. The minimum atomic E-state index is -2.87. The average Bonchev–Trinajstić information content (AvgIpc) is 2.04. The molecular weight excluding hydrogens is 207 g/mol. The molecule has 0 aromatic carbocycles. The molecule has 5 nitrogen and oxygen atoms in total. The Hall–Kier alpha value is -0.510. The topological polar surface area (TPSA) is 94.8 Å². The first-order valence-electron chi connectivity index (χ1n) is 4.53. The van der Waals surface area contributed by atoms with Gasteiger partial charge in [-0.15, -0.1) is 9.79 Å². The molecule has 1 atom stereocenters. The van der Waals surface area contributed by atoms with Crippen molar-refractivity contribution >= 4 is 14.2 Å². The second kappa shape index (κ2) is 10.6. The van der Waals surface area contributed by atoms with Gasteiger partial charge in [0.2, 0.25) is 0 Å². The van der Waals surface area contributed by atoms with Crippen LogP contribution in [0.3, 0.4) is 0 Å². The summed E-state index contributed by atoms with van der Waals surface area (Å²) in [5, 5.41) is 8.60. The highest BCUT2D eigenvalue weighted by Crippen LogP contribution is 2.11. The molecule has 0 aliphatic carbocycles. The molecule has 0 heterocycles. The van der Waals surface area contributed by atoms with Crippen LogP contribution < -0.4 is 0 Å². The first kappa shape index (κ1) is 15.9. The zero-order valence-electron chi connectivity index (χ0n) is 8.51. The van der Waals surface area contributed by atoms with Crippen molar-refractivity contribution in [2.75, 3.05) is 0 Å². The number of carboxylic acids is 1. The lowest BCUT2D eigenvalue weighted by atomic mass is 10.00. The predicted molar refractivity (Wildman–Crippen MR) is 53.0 cm³/mol. The molecule has 0 rings (SSSR count). The van der Waals surface area contributed by atoms with Crippen LogP contribution in [0.4, 0.5) is 0 Å². The number of hydrogen-bond acceptors (Lipinski definition) is 2. The maximum atomic E-state index is 10.4. The number of carbonyl (C=O) groups is 1. The molecule has 6 heteroatoms.